The fourth-order valence-electron chi connectivity index (χ4n) is 2.99. The second-order valence-electron chi connectivity index (χ2n) is 5.11. The van der Waals surface area contributed by atoms with Crippen molar-refractivity contribution in [1.82, 2.24) is 5.32 Å². The molecule has 0 spiro atoms. The van der Waals surface area contributed by atoms with Gasteiger partial charge >= 0.3 is 0 Å². The number of carbonyl (C=O) groups excluding carboxylic acids is 2. The molecule has 3 nitrogen and oxygen atoms in total. The summed E-state index contributed by atoms with van der Waals surface area (Å²) in [7, 11) is 0. The number of nitrogens with one attached hydrogen (secondary N) is 1. The summed E-state index contributed by atoms with van der Waals surface area (Å²) in [6.45, 7) is 0. The van der Waals surface area contributed by atoms with Gasteiger partial charge in [-0.2, -0.15) is 0 Å². The van der Waals surface area contributed by atoms with Crippen LogP contribution in [0.2, 0.25) is 5.02 Å². The van der Waals surface area contributed by atoms with Crippen LogP contribution in [0, 0.1) is 5.82 Å². The number of carbonyl (C=O) groups is 2. The summed E-state index contributed by atoms with van der Waals surface area (Å²) in [6, 6.07) is 4.41. The van der Waals surface area contributed by atoms with Crippen molar-refractivity contribution in [2.24, 2.45) is 0 Å². The first-order chi connectivity index (χ1) is 9.58. The molecule has 1 unspecified atom stereocenters. The van der Waals surface area contributed by atoms with Gasteiger partial charge in [-0.1, -0.05) is 17.7 Å². The zero-order valence-corrected chi connectivity index (χ0v) is 11.5. The lowest BCUT2D eigenvalue weighted by Gasteiger charge is -2.31. The van der Waals surface area contributed by atoms with Crippen LogP contribution in [0.1, 0.15) is 37.2 Å². The lowest BCUT2D eigenvalue weighted by atomic mass is 9.78. The monoisotopic (exact) mass is 293 g/mol. The van der Waals surface area contributed by atoms with Crippen molar-refractivity contribution < 1.29 is 14.0 Å². The third kappa shape index (κ3) is 2.14. The van der Waals surface area contributed by atoms with Crippen molar-refractivity contribution in [3.05, 3.63) is 45.9 Å². The Labute approximate surface area is 120 Å². The predicted molar refractivity (Wildman–Crippen MR) is 72.8 cm³/mol. The van der Waals surface area contributed by atoms with Crippen molar-refractivity contribution in [2.75, 3.05) is 0 Å². The number of Topliss-reactive ketones (excluding diaryl/α,β-unsaturated/α-hetero) is 1. The van der Waals surface area contributed by atoms with Gasteiger partial charge in [0.05, 0.1) is 0 Å². The topological polar surface area (TPSA) is 46.2 Å². The molecule has 2 aliphatic rings. The molecule has 1 amide bonds. The molecule has 0 aromatic heterocycles. The summed E-state index contributed by atoms with van der Waals surface area (Å²) in [5, 5.41) is 3.00. The molecule has 0 saturated heterocycles. The number of halogens is 2. The fourth-order valence-corrected chi connectivity index (χ4v) is 3.29. The van der Waals surface area contributed by atoms with E-state index < -0.39 is 11.7 Å². The van der Waals surface area contributed by atoms with Gasteiger partial charge < -0.3 is 5.32 Å². The SMILES string of the molecule is O=C1CC(c2c(F)cccc2Cl)C2=C(CCCC2=O)N1. The van der Waals surface area contributed by atoms with Crippen LogP contribution in [-0.4, -0.2) is 11.7 Å². The average molecular weight is 294 g/mol. The van der Waals surface area contributed by atoms with Crippen LogP contribution in [0.3, 0.4) is 0 Å². The van der Waals surface area contributed by atoms with Gasteiger partial charge in [-0.15, -0.1) is 0 Å². The second kappa shape index (κ2) is 5.02. The van der Waals surface area contributed by atoms with Gasteiger partial charge in [0.2, 0.25) is 5.91 Å². The molecule has 3 rings (SSSR count). The van der Waals surface area contributed by atoms with Crippen LogP contribution in [0.5, 0.6) is 0 Å². The highest BCUT2D eigenvalue weighted by atomic mass is 35.5. The van der Waals surface area contributed by atoms with Crippen LogP contribution in [0.4, 0.5) is 4.39 Å². The lowest BCUT2D eigenvalue weighted by molar-refractivity contribution is -0.122. The molecule has 5 heteroatoms. The molecule has 1 aromatic rings. The molecule has 1 atom stereocenters. The molecule has 1 aromatic carbocycles. The third-order valence-corrected chi connectivity index (χ3v) is 4.16. The Bertz CT molecular complexity index is 619. The van der Waals surface area contributed by atoms with E-state index in [1.54, 1.807) is 6.07 Å². The van der Waals surface area contributed by atoms with Crippen LogP contribution in [0.25, 0.3) is 0 Å². The maximum absolute atomic E-state index is 14.1. The average Bonchev–Trinajstić information content (AvgIpc) is 2.38. The molecule has 1 aliphatic heterocycles. The molecule has 1 aliphatic carbocycles. The van der Waals surface area contributed by atoms with Gasteiger partial charge in [0, 0.05) is 40.6 Å². The van der Waals surface area contributed by atoms with Gasteiger partial charge in [-0.3, -0.25) is 9.59 Å². The smallest absolute Gasteiger partial charge is 0.225 e. The van der Waals surface area contributed by atoms with Gasteiger partial charge in [0.1, 0.15) is 5.82 Å². The van der Waals surface area contributed by atoms with Gasteiger partial charge in [0.15, 0.2) is 5.78 Å². The van der Waals surface area contributed by atoms with Crippen LogP contribution in [-0.2, 0) is 9.59 Å². The number of rotatable bonds is 1. The zero-order chi connectivity index (χ0) is 14.3. The number of amides is 1. The van der Waals surface area contributed by atoms with Gasteiger partial charge in [-0.25, -0.2) is 4.39 Å². The Morgan fingerprint density at radius 3 is 2.80 bits per heavy atom. The minimum absolute atomic E-state index is 0.0180. The molecule has 20 heavy (non-hydrogen) atoms. The van der Waals surface area contributed by atoms with E-state index in [1.165, 1.54) is 12.1 Å². The van der Waals surface area contributed by atoms with Crippen LogP contribution < -0.4 is 5.32 Å². The molecule has 0 saturated carbocycles. The molecular weight excluding hydrogens is 281 g/mol. The lowest BCUT2D eigenvalue weighted by Crippen LogP contribution is -2.36. The van der Waals surface area contributed by atoms with E-state index in [-0.39, 0.29) is 28.7 Å². The standard InChI is InChI=1S/C15H13ClFNO2/c16-9-3-1-4-10(17)14(9)8-7-13(20)18-11-5-2-6-12(19)15(8)11/h1,3-4,8H,2,5-7H2,(H,18,20). The normalized spacial score (nSPS) is 22.6. The Hall–Kier alpha value is -1.68. The van der Waals surface area contributed by atoms with E-state index in [1.807, 2.05) is 0 Å². The quantitative estimate of drug-likeness (QED) is 0.865. The highest BCUT2D eigenvalue weighted by Crippen LogP contribution is 2.41. The summed E-state index contributed by atoms with van der Waals surface area (Å²) in [6.07, 6.45) is 1.87. The first kappa shape index (κ1) is 13.3. The largest absolute Gasteiger partial charge is 0.329 e. The molecule has 0 fully saturated rings. The first-order valence-corrected chi connectivity index (χ1v) is 6.95. The number of hydrogen-bond acceptors (Lipinski definition) is 2. The summed E-state index contributed by atoms with van der Waals surface area (Å²) < 4.78 is 14.1. The first-order valence-electron chi connectivity index (χ1n) is 6.58. The van der Waals surface area contributed by atoms with E-state index in [9.17, 15) is 14.0 Å². The summed E-state index contributed by atoms with van der Waals surface area (Å²) >= 11 is 6.08. The third-order valence-electron chi connectivity index (χ3n) is 3.83. The molecule has 0 radical (unpaired) electrons. The molecule has 104 valence electrons. The van der Waals surface area contributed by atoms with E-state index in [2.05, 4.69) is 5.32 Å². The Kier molecular flexibility index (Phi) is 3.34. The van der Waals surface area contributed by atoms with Crippen molar-refractivity contribution in [3.8, 4) is 0 Å². The Morgan fingerprint density at radius 2 is 2.05 bits per heavy atom. The molecular formula is C15H13ClFNO2. The van der Waals surface area contributed by atoms with E-state index >= 15 is 0 Å². The zero-order valence-electron chi connectivity index (χ0n) is 10.7. The highest BCUT2D eigenvalue weighted by Gasteiger charge is 2.36. The minimum Gasteiger partial charge on any atom is -0.329 e. The molecule has 1 N–H and O–H groups in total. The van der Waals surface area contributed by atoms with Crippen molar-refractivity contribution in [1.29, 1.82) is 0 Å². The summed E-state index contributed by atoms with van der Waals surface area (Å²) in [4.78, 5) is 24.0. The maximum atomic E-state index is 14.1. The Morgan fingerprint density at radius 1 is 1.25 bits per heavy atom. The summed E-state index contributed by atoms with van der Waals surface area (Å²) in [5.41, 5.74) is 1.43. The van der Waals surface area contributed by atoms with E-state index in [0.717, 1.165) is 6.42 Å². The van der Waals surface area contributed by atoms with Crippen molar-refractivity contribution >= 4 is 23.3 Å². The summed E-state index contributed by atoms with van der Waals surface area (Å²) in [5.74, 6) is -1.25. The van der Waals surface area contributed by atoms with Crippen molar-refractivity contribution in [3.63, 3.8) is 0 Å². The van der Waals surface area contributed by atoms with Crippen LogP contribution in [0.15, 0.2) is 29.5 Å². The molecule has 1 heterocycles. The maximum Gasteiger partial charge on any atom is 0.225 e. The highest BCUT2D eigenvalue weighted by molar-refractivity contribution is 6.31. The second-order valence-corrected chi connectivity index (χ2v) is 5.52. The fraction of sp³-hybridized carbons (Fsp3) is 0.333. The molecule has 0 bridgehead atoms. The Balaban J connectivity index is 2.16. The van der Waals surface area contributed by atoms with E-state index in [4.69, 9.17) is 11.6 Å². The van der Waals surface area contributed by atoms with Gasteiger partial charge in [0.25, 0.3) is 0 Å². The number of ketones is 1. The number of benzene rings is 1. The van der Waals surface area contributed by atoms with Gasteiger partial charge in [-0.05, 0) is 25.0 Å². The minimum atomic E-state index is -0.569. The van der Waals surface area contributed by atoms with E-state index in [0.29, 0.717) is 24.1 Å². The predicted octanol–water partition coefficient (Wildman–Crippen LogP) is 3.09. The van der Waals surface area contributed by atoms with Crippen molar-refractivity contribution in [2.45, 2.75) is 31.6 Å². The number of allylic oxidation sites excluding steroid dienone is 2. The van der Waals surface area contributed by atoms with Crippen LogP contribution >= 0.6 is 11.6 Å². The number of hydrogen-bond donors (Lipinski definition) is 1.